The Balaban J connectivity index is 1.34. The van der Waals surface area contributed by atoms with Crippen LogP contribution in [-0.4, -0.2) is 43.4 Å². The van der Waals surface area contributed by atoms with E-state index in [4.69, 9.17) is 0 Å². The Morgan fingerprint density at radius 1 is 1.23 bits per heavy atom. The van der Waals surface area contributed by atoms with Gasteiger partial charge < -0.3 is 14.8 Å². The number of likely N-dealkylation sites (tertiary alicyclic amines) is 1. The molecule has 0 radical (unpaired) electrons. The number of nitrogens with one attached hydrogen (secondary N) is 1. The molecule has 1 amide bonds. The van der Waals surface area contributed by atoms with Crippen molar-refractivity contribution in [2.24, 2.45) is 0 Å². The summed E-state index contributed by atoms with van der Waals surface area (Å²) >= 11 is 0. The SMILES string of the molecule is CCc1nccn1CCC(=O)N1CCC[C@H](c2ccc(Nc3cccc(C)n3)cn2)C1. The van der Waals surface area contributed by atoms with Crippen molar-refractivity contribution in [1.29, 1.82) is 0 Å². The molecule has 1 atom stereocenters. The Morgan fingerprint density at radius 2 is 2.13 bits per heavy atom. The van der Waals surface area contributed by atoms with Gasteiger partial charge in [-0.15, -0.1) is 0 Å². The van der Waals surface area contributed by atoms with Gasteiger partial charge in [0, 0.05) is 62.2 Å². The fourth-order valence-electron chi connectivity index (χ4n) is 4.16. The molecule has 4 heterocycles. The number of nitrogens with zero attached hydrogens (tertiary/aromatic N) is 5. The van der Waals surface area contributed by atoms with Crippen LogP contribution in [-0.2, 0) is 17.8 Å². The number of carbonyl (C=O) groups is 1. The van der Waals surface area contributed by atoms with E-state index in [9.17, 15) is 4.79 Å². The van der Waals surface area contributed by atoms with Gasteiger partial charge in [0.2, 0.25) is 5.91 Å². The summed E-state index contributed by atoms with van der Waals surface area (Å²) in [6, 6.07) is 10.0. The minimum absolute atomic E-state index is 0.212. The van der Waals surface area contributed by atoms with Crippen molar-refractivity contribution in [3.8, 4) is 0 Å². The molecule has 3 aromatic rings. The third-order valence-corrected chi connectivity index (χ3v) is 5.82. The molecule has 0 aromatic carbocycles. The van der Waals surface area contributed by atoms with Gasteiger partial charge in [-0.3, -0.25) is 9.78 Å². The predicted octanol–water partition coefficient (Wildman–Crippen LogP) is 4.08. The van der Waals surface area contributed by atoms with Crippen molar-refractivity contribution in [1.82, 2.24) is 24.4 Å². The van der Waals surface area contributed by atoms with Gasteiger partial charge in [-0.05, 0) is 44.0 Å². The maximum absolute atomic E-state index is 12.8. The Kier molecular flexibility index (Phi) is 6.60. The number of imidazole rings is 1. The second-order valence-corrected chi connectivity index (χ2v) is 8.08. The number of rotatable bonds is 7. The monoisotopic (exact) mass is 418 g/mol. The molecule has 1 saturated heterocycles. The molecular weight excluding hydrogens is 388 g/mol. The zero-order valence-corrected chi connectivity index (χ0v) is 18.3. The number of piperidine rings is 1. The minimum atomic E-state index is 0.212. The summed E-state index contributed by atoms with van der Waals surface area (Å²) in [6.45, 7) is 6.32. The van der Waals surface area contributed by atoms with Crippen molar-refractivity contribution < 1.29 is 4.79 Å². The third-order valence-electron chi connectivity index (χ3n) is 5.82. The van der Waals surface area contributed by atoms with Crippen LogP contribution in [0, 0.1) is 6.92 Å². The first-order valence-corrected chi connectivity index (χ1v) is 11.1. The van der Waals surface area contributed by atoms with Crippen molar-refractivity contribution in [3.05, 3.63) is 66.1 Å². The van der Waals surface area contributed by atoms with Crippen LogP contribution in [0.15, 0.2) is 48.9 Å². The molecule has 1 aliphatic rings. The zero-order chi connectivity index (χ0) is 21.6. The summed E-state index contributed by atoms with van der Waals surface area (Å²) in [7, 11) is 0. The number of anilines is 2. The lowest BCUT2D eigenvalue weighted by Gasteiger charge is -2.32. The molecule has 7 nitrogen and oxygen atoms in total. The van der Waals surface area contributed by atoms with Crippen LogP contribution >= 0.6 is 0 Å². The van der Waals surface area contributed by atoms with E-state index in [1.807, 2.05) is 48.5 Å². The lowest BCUT2D eigenvalue weighted by atomic mass is 9.94. The fourth-order valence-corrected chi connectivity index (χ4v) is 4.16. The maximum Gasteiger partial charge on any atom is 0.224 e. The van der Waals surface area contributed by atoms with Crippen molar-refractivity contribution in [2.75, 3.05) is 18.4 Å². The average Bonchev–Trinajstić information content (AvgIpc) is 3.26. The molecule has 1 fully saturated rings. The van der Waals surface area contributed by atoms with Crippen LogP contribution in [0.25, 0.3) is 0 Å². The highest BCUT2D eigenvalue weighted by molar-refractivity contribution is 5.76. The molecule has 3 aromatic heterocycles. The number of amides is 1. The molecule has 7 heteroatoms. The van der Waals surface area contributed by atoms with Crippen LogP contribution in [0.3, 0.4) is 0 Å². The van der Waals surface area contributed by atoms with Gasteiger partial charge >= 0.3 is 0 Å². The lowest BCUT2D eigenvalue weighted by Crippen LogP contribution is -2.39. The summed E-state index contributed by atoms with van der Waals surface area (Å²) in [5.74, 6) is 2.34. The van der Waals surface area contributed by atoms with Gasteiger partial charge in [-0.2, -0.15) is 0 Å². The topological polar surface area (TPSA) is 75.9 Å². The highest BCUT2D eigenvalue weighted by atomic mass is 16.2. The Labute approximate surface area is 183 Å². The number of hydrogen-bond donors (Lipinski definition) is 1. The molecule has 0 aliphatic carbocycles. The first kappa shape index (κ1) is 21.0. The van der Waals surface area contributed by atoms with Crippen molar-refractivity contribution in [2.45, 2.75) is 52.0 Å². The first-order valence-electron chi connectivity index (χ1n) is 11.1. The Hall–Kier alpha value is -3.22. The van der Waals surface area contributed by atoms with Crippen molar-refractivity contribution in [3.63, 3.8) is 0 Å². The standard InChI is InChI=1S/C24H30N6O/c1-3-23-25-12-15-29(23)14-11-24(31)30-13-5-7-19(17-30)21-10-9-20(16-26-21)28-22-8-4-6-18(2)27-22/h4,6,8-10,12,15-16,19H,3,5,7,11,13-14,17H2,1-2H3,(H,27,28)/t19-/m0/s1. The quantitative estimate of drug-likeness (QED) is 0.626. The first-order chi connectivity index (χ1) is 15.1. The number of pyridine rings is 2. The van der Waals surface area contributed by atoms with E-state index in [1.165, 1.54) is 0 Å². The van der Waals surface area contributed by atoms with E-state index >= 15 is 0 Å². The van der Waals surface area contributed by atoms with Crippen LogP contribution in [0.2, 0.25) is 0 Å². The lowest BCUT2D eigenvalue weighted by molar-refractivity contribution is -0.132. The second-order valence-electron chi connectivity index (χ2n) is 8.08. The predicted molar refractivity (Wildman–Crippen MR) is 121 cm³/mol. The molecular formula is C24H30N6O. The fraction of sp³-hybridized carbons (Fsp3) is 0.417. The van der Waals surface area contributed by atoms with Gasteiger partial charge in [0.15, 0.2) is 0 Å². The molecule has 162 valence electrons. The summed E-state index contributed by atoms with van der Waals surface area (Å²) in [5.41, 5.74) is 2.93. The maximum atomic E-state index is 12.8. The van der Waals surface area contributed by atoms with Crippen LogP contribution < -0.4 is 5.32 Å². The largest absolute Gasteiger partial charge is 0.342 e. The van der Waals surface area contributed by atoms with Crippen LogP contribution in [0.4, 0.5) is 11.5 Å². The van der Waals surface area contributed by atoms with Gasteiger partial charge in [0.25, 0.3) is 0 Å². The van der Waals surface area contributed by atoms with E-state index in [0.717, 1.165) is 61.1 Å². The highest BCUT2D eigenvalue weighted by Crippen LogP contribution is 2.27. The van der Waals surface area contributed by atoms with Crippen LogP contribution in [0.1, 0.15) is 49.3 Å². The number of aromatic nitrogens is 4. The molecule has 31 heavy (non-hydrogen) atoms. The summed E-state index contributed by atoms with van der Waals surface area (Å²) < 4.78 is 2.08. The molecule has 0 bridgehead atoms. The molecule has 4 rings (SSSR count). The highest BCUT2D eigenvalue weighted by Gasteiger charge is 2.25. The average molecular weight is 419 g/mol. The Bertz CT molecular complexity index is 1010. The normalized spacial score (nSPS) is 16.3. The summed E-state index contributed by atoms with van der Waals surface area (Å²) in [4.78, 5) is 28.3. The molecule has 1 N–H and O–H groups in total. The molecule has 0 unspecified atom stereocenters. The van der Waals surface area contributed by atoms with E-state index in [-0.39, 0.29) is 11.8 Å². The summed E-state index contributed by atoms with van der Waals surface area (Å²) in [6.07, 6.45) is 9.07. The van der Waals surface area contributed by atoms with Gasteiger partial charge in [-0.25, -0.2) is 9.97 Å². The van der Waals surface area contributed by atoms with E-state index < -0.39 is 0 Å². The second kappa shape index (κ2) is 9.73. The van der Waals surface area contributed by atoms with E-state index in [0.29, 0.717) is 13.0 Å². The van der Waals surface area contributed by atoms with E-state index in [1.54, 1.807) is 6.20 Å². The van der Waals surface area contributed by atoms with Gasteiger partial charge in [0.05, 0.1) is 11.9 Å². The molecule has 0 spiro atoms. The van der Waals surface area contributed by atoms with E-state index in [2.05, 4.69) is 37.8 Å². The van der Waals surface area contributed by atoms with Gasteiger partial charge in [-0.1, -0.05) is 13.0 Å². The zero-order valence-electron chi connectivity index (χ0n) is 18.3. The van der Waals surface area contributed by atoms with Crippen molar-refractivity contribution >= 4 is 17.4 Å². The molecule has 0 saturated carbocycles. The Morgan fingerprint density at radius 3 is 2.90 bits per heavy atom. The number of hydrogen-bond acceptors (Lipinski definition) is 5. The number of aryl methyl sites for hydroxylation is 3. The van der Waals surface area contributed by atoms with Gasteiger partial charge in [0.1, 0.15) is 11.6 Å². The number of carbonyl (C=O) groups excluding carboxylic acids is 1. The third kappa shape index (κ3) is 5.29. The van der Waals surface area contributed by atoms with Crippen LogP contribution in [0.5, 0.6) is 0 Å². The molecule has 1 aliphatic heterocycles. The minimum Gasteiger partial charge on any atom is -0.342 e. The smallest absolute Gasteiger partial charge is 0.224 e. The summed E-state index contributed by atoms with van der Waals surface area (Å²) in [5, 5.41) is 3.30.